The summed E-state index contributed by atoms with van der Waals surface area (Å²) in [5.74, 6) is -3.66. The Hall–Kier alpha value is -3.83. The Morgan fingerprint density at radius 2 is 1.37 bits per heavy atom. The van der Waals surface area contributed by atoms with Crippen LogP contribution in [0.4, 0.5) is 44.3 Å². The molecule has 0 bridgehead atoms. The Morgan fingerprint density at radius 3 is 1.90 bits per heavy atom. The number of hydrogen-bond acceptors (Lipinski definition) is 5. The molecule has 0 radical (unpaired) electrons. The second-order valence-electron chi connectivity index (χ2n) is 11.9. The Morgan fingerprint density at radius 1 is 0.816 bits per heavy atom. The van der Waals surface area contributed by atoms with Gasteiger partial charge in [-0.05, 0) is 61.2 Å². The molecular weight excluding hydrogens is 695 g/mol. The predicted octanol–water partition coefficient (Wildman–Crippen LogP) is 6.59. The van der Waals surface area contributed by atoms with Crippen LogP contribution in [0.25, 0.3) is 0 Å². The van der Waals surface area contributed by atoms with Crippen LogP contribution in [-0.2, 0) is 31.5 Å². The summed E-state index contributed by atoms with van der Waals surface area (Å²) < 4.78 is 160. The van der Waals surface area contributed by atoms with Crippen LogP contribution in [0.2, 0.25) is 0 Å². The number of rotatable bonds is 7. The van der Waals surface area contributed by atoms with Crippen molar-refractivity contribution in [1.29, 1.82) is 0 Å². The van der Waals surface area contributed by atoms with Crippen molar-refractivity contribution in [3.8, 4) is 0 Å². The van der Waals surface area contributed by atoms with E-state index in [0.29, 0.717) is 24.3 Å². The molecule has 1 N–H and O–H groups in total. The number of aliphatic hydroxyl groups excluding tert-OH is 1. The molecule has 5 rings (SSSR count). The number of amides is 2. The molecule has 2 heterocycles. The average molecular weight is 725 g/mol. The molecule has 1 atom stereocenters. The standard InChI is InChI=1S/C32H29F9N2O5S/c33-22-8-10-24(11-9-22)49(46,47)29(14-17-43(19-29)28(45)42-15-12-23(44)13-16-42)20-4-6-21(7-5-20)30(31(36,37)38,32(39,40)41)48-18-25-26(34)2-1-3-27(25)35/h1-11,23,44H,12-19H2/t29-/m0/s1. The first-order valence-electron chi connectivity index (χ1n) is 14.9. The summed E-state index contributed by atoms with van der Waals surface area (Å²) in [7, 11) is -4.62. The van der Waals surface area contributed by atoms with Crippen LogP contribution in [0.1, 0.15) is 36.0 Å². The lowest BCUT2D eigenvalue weighted by Crippen LogP contribution is -2.56. The molecule has 2 aliphatic rings. The van der Waals surface area contributed by atoms with E-state index in [0.717, 1.165) is 42.5 Å². The van der Waals surface area contributed by atoms with Crippen LogP contribution in [0.3, 0.4) is 0 Å². The van der Waals surface area contributed by atoms with E-state index in [1.165, 1.54) is 9.80 Å². The molecule has 49 heavy (non-hydrogen) atoms. The van der Waals surface area contributed by atoms with Gasteiger partial charge in [0.2, 0.25) is 0 Å². The lowest BCUT2D eigenvalue weighted by Gasteiger charge is -2.38. The topological polar surface area (TPSA) is 87.2 Å². The molecule has 2 fully saturated rings. The second kappa shape index (κ2) is 13.1. The van der Waals surface area contributed by atoms with Crippen molar-refractivity contribution >= 4 is 15.9 Å². The van der Waals surface area contributed by atoms with Gasteiger partial charge in [-0.15, -0.1) is 0 Å². The number of sulfone groups is 1. The molecule has 3 aromatic carbocycles. The second-order valence-corrected chi connectivity index (χ2v) is 14.1. The van der Waals surface area contributed by atoms with Gasteiger partial charge in [-0.25, -0.2) is 26.4 Å². The van der Waals surface area contributed by atoms with Crippen LogP contribution in [0.5, 0.6) is 0 Å². The number of carbonyl (C=O) groups is 1. The number of alkyl halides is 6. The van der Waals surface area contributed by atoms with Gasteiger partial charge >= 0.3 is 18.4 Å². The zero-order valence-corrected chi connectivity index (χ0v) is 26.2. The number of likely N-dealkylation sites (tertiary alicyclic amines) is 2. The minimum atomic E-state index is -6.23. The Kier molecular flexibility index (Phi) is 9.77. The minimum Gasteiger partial charge on any atom is -0.393 e. The van der Waals surface area contributed by atoms with Crippen molar-refractivity contribution in [2.24, 2.45) is 0 Å². The number of carbonyl (C=O) groups excluding carboxylic acids is 1. The van der Waals surface area contributed by atoms with Gasteiger partial charge in [-0.3, -0.25) is 0 Å². The summed E-state index contributed by atoms with van der Waals surface area (Å²) in [4.78, 5) is 15.6. The molecule has 2 saturated heterocycles. The number of ether oxygens (including phenoxy) is 1. The fourth-order valence-corrected chi connectivity index (χ4v) is 8.32. The summed E-state index contributed by atoms with van der Waals surface area (Å²) in [5, 5.41) is 9.81. The first-order chi connectivity index (χ1) is 22.8. The maximum absolute atomic E-state index is 14.5. The van der Waals surface area contributed by atoms with Crippen molar-refractivity contribution in [3.63, 3.8) is 0 Å². The summed E-state index contributed by atoms with van der Waals surface area (Å²) >= 11 is 0. The van der Waals surface area contributed by atoms with E-state index in [9.17, 15) is 57.8 Å². The van der Waals surface area contributed by atoms with E-state index in [4.69, 9.17) is 0 Å². The molecule has 7 nitrogen and oxygen atoms in total. The fourth-order valence-electron chi connectivity index (χ4n) is 6.25. The normalized spacial score (nSPS) is 19.8. The number of urea groups is 1. The van der Waals surface area contributed by atoms with Crippen molar-refractivity contribution in [2.45, 2.75) is 59.6 Å². The molecule has 2 aliphatic heterocycles. The third-order valence-electron chi connectivity index (χ3n) is 8.99. The van der Waals surface area contributed by atoms with Crippen LogP contribution < -0.4 is 0 Å². The molecular formula is C32H29F9N2O5S. The fraction of sp³-hybridized carbons (Fsp3) is 0.406. The van der Waals surface area contributed by atoms with Crippen LogP contribution >= 0.6 is 0 Å². The van der Waals surface area contributed by atoms with Crippen molar-refractivity contribution in [1.82, 2.24) is 9.80 Å². The van der Waals surface area contributed by atoms with Gasteiger partial charge < -0.3 is 19.6 Å². The van der Waals surface area contributed by atoms with E-state index in [2.05, 4.69) is 4.74 Å². The molecule has 2 amide bonds. The lowest BCUT2D eigenvalue weighted by atomic mass is 9.88. The van der Waals surface area contributed by atoms with Crippen LogP contribution in [0, 0.1) is 17.5 Å². The minimum absolute atomic E-state index is 0.163. The number of benzene rings is 3. The smallest absolute Gasteiger partial charge is 0.393 e. The third kappa shape index (κ3) is 6.47. The molecule has 17 heteroatoms. The van der Waals surface area contributed by atoms with Gasteiger partial charge in [0.15, 0.2) is 9.84 Å². The van der Waals surface area contributed by atoms with E-state index >= 15 is 0 Å². The molecule has 0 saturated carbocycles. The van der Waals surface area contributed by atoms with Gasteiger partial charge in [-0.1, -0.05) is 30.3 Å². The largest absolute Gasteiger partial charge is 0.430 e. The monoisotopic (exact) mass is 724 g/mol. The molecule has 0 unspecified atom stereocenters. The van der Waals surface area contributed by atoms with E-state index < -0.39 is 91.3 Å². The van der Waals surface area contributed by atoms with Gasteiger partial charge in [-0.2, -0.15) is 26.3 Å². The lowest BCUT2D eigenvalue weighted by molar-refractivity contribution is -0.392. The Balaban J connectivity index is 1.58. The summed E-state index contributed by atoms with van der Waals surface area (Å²) in [6, 6.07) is 7.36. The molecule has 0 spiro atoms. The van der Waals surface area contributed by atoms with Crippen molar-refractivity contribution < 1.29 is 62.6 Å². The average Bonchev–Trinajstić information content (AvgIpc) is 3.49. The highest BCUT2D eigenvalue weighted by Gasteiger charge is 2.73. The SMILES string of the molecule is O=C(N1CCC(O)CC1)N1CC[C@](c2ccc(C(OCc3c(F)cccc3F)(C(F)(F)F)C(F)(F)F)cc2)(S(=O)(=O)c2ccc(F)cc2)C1. The Labute approximate surface area is 274 Å². The highest BCUT2D eigenvalue weighted by molar-refractivity contribution is 7.92. The van der Waals surface area contributed by atoms with Crippen LogP contribution in [0.15, 0.2) is 71.6 Å². The quantitative estimate of drug-likeness (QED) is 0.220. The van der Waals surface area contributed by atoms with E-state index in [1.54, 1.807) is 0 Å². The first kappa shape index (κ1) is 36.5. The van der Waals surface area contributed by atoms with Crippen LogP contribution in [-0.4, -0.2) is 74.0 Å². The van der Waals surface area contributed by atoms with E-state index in [1.807, 2.05) is 0 Å². The highest BCUT2D eigenvalue weighted by Crippen LogP contribution is 2.54. The number of piperidine rings is 1. The van der Waals surface area contributed by atoms with Crippen molar-refractivity contribution in [3.05, 3.63) is 101 Å². The maximum Gasteiger partial charge on any atom is 0.430 e. The number of hydrogen-bond donors (Lipinski definition) is 1. The molecule has 266 valence electrons. The third-order valence-corrected chi connectivity index (χ3v) is 11.5. The zero-order valence-electron chi connectivity index (χ0n) is 25.4. The summed E-state index contributed by atoms with van der Waals surface area (Å²) in [6.07, 6.45) is -12.9. The number of nitrogens with zero attached hydrogens (tertiary/aromatic N) is 2. The highest BCUT2D eigenvalue weighted by atomic mass is 32.2. The van der Waals surface area contributed by atoms with Gasteiger partial charge in [0.05, 0.1) is 17.6 Å². The summed E-state index contributed by atoms with van der Waals surface area (Å²) in [5.41, 5.74) is -8.11. The summed E-state index contributed by atoms with van der Waals surface area (Å²) in [6.45, 7) is -2.18. The Bertz CT molecular complexity index is 1740. The zero-order chi connectivity index (χ0) is 36.0. The maximum atomic E-state index is 14.5. The van der Waals surface area contributed by atoms with Gasteiger partial charge in [0.1, 0.15) is 22.2 Å². The molecule has 0 aliphatic carbocycles. The number of halogens is 9. The van der Waals surface area contributed by atoms with Crippen molar-refractivity contribution in [2.75, 3.05) is 26.2 Å². The molecule has 0 aromatic heterocycles. The van der Waals surface area contributed by atoms with E-state index in [-0.39, 0.29) is 44.5 Å². The van der Waals surface area contributed by atoms with Gasteiger partial charge in [0.25, 0.3) is 5.60 Å². The van der Waals surface area contributed by atoms with Gasteiger partial charge in [0, 0.05) is 37.3 Å². The molecule has 3 aromatic rings. The first-order valence-corrected chi connectivity index (χ1v) is 16.4. The predicted molar refractivity (Wildman–Crippen MR) is 155 cm³/mol. The number of aliphatic hydroxyl groups is 1.